The topological polar surface area (TPSA) is 83.9 Å². The van der Waals surface area contributed by atoms with Gasteiger partial charge in [-0.15, -0.1) is 0 Å². The lowest BCUT2D eigenvalue weighted by Gasteiger charge is -2.34. The molecule has 0 saturated carbocycles. The smallest absolute Gasteiger partial charge is 0.330 e. The number of hydrogen-bond donors (Lipinski definition) is 1. The predicted molar refractivity (Wildman–Crippen MR) is 96.0 cm³/mol. The highest BCUT2D eigenvalue weighted by molar-refractivity contribution is 5.67. The molecule has 3 heterocycles. The molecular weight excluding hydrogens is 337 g/mol. The number of aromatic nitrogens is 4. The van der Waals surface area contributed by atoms with Crippen LogP contribution in [-0.4, -0.2) is 32.6 Å². The van der Waals surface area contributed by atoms with Gasteiger partial charge in [-0.3, -0.25) is 14.3 Å². The quantitative estimate of drug-likeness (QED) is 0.757. The zero-order chi connectivity index (χ0) is 18.3. The minimum atomic E-state index is -0.483. The largest absolute Gasteiger partial charge is 0.369 e. The molecule has 8 heteroatoms. The van der Waals surface area contributed by atoms with Crippen LogP contribution in [0.5, 0.6) is 0 Å². The highest BCUT2D eigenvalue weighted by Gasteiger charge is 2.26. The van der Waals surface area contributed by atoms with E-state index >= 15 is 0 Å². The Bertz CT molecular complexity index is 1060. The normalized spacial score (nSPS) is 15.5. The number of hydrogen-bond acceptors (Lipinski definition) is 5. The minimum absolute atomic E-state index is 0.152. The standard InChI is InChI=1S/C18H18FN5O2/c1-11-3-2-4-13(19)15(11)23-9-5-12(6-10-23)24-17(25)14-16(22-18(24)26)21-8-7-20-14/h2-4,7-8,12H,5-6,9-10H2,1H3,(H,21,22,26). The average Bonchev–Trinajstić information content (AvgIpc) is 2.63. The van der Waals surface area contributed by atoms with Crippen molar-refractivity contribution in [1.29, 1.82) is 0 Å². The van der Waals surface area contributed by atoms with Gasteiger partial charge in [0.2, 0.25) is 0 Å². The number of fused-ring (bicyclic) bond motifs is 1. The maximum atomic E-state index is 14.2. The number of rotatable bonds is 2. The highest BCUT2D eigenvalue weighted by atomic mass is 19.1. The molecule has 1 aliphatic heterocycles. The van der Waals surface area contributed by atoms with Gasteiger partial charge in [-0.25, -0.2) is 19.2 Å². The minimum Gasteiger partial charge on any atom is -0.369 e. The number of nitrogens with zero attached hydrogens (tertiary/aromatic N) is 4. The SMILES string of the molecule is Cc1cccc(F)c1N1CCC(n2c(=O)[nH]c3nccnc3c2=O)CC1. The van der Waals surface area contributed by atoms with Gasteiger partial charge in [-0.1, -0.05) is 12.1 Å². The van der Waals surface area contributed by atoms with E-state index in [2.05, 4.69) is 15.0 Å². The first kappa shape index (κ1) is 16.4. The van der Waals surface area contributed by atoms with Crippen molar-refractivity contribution < 1.29 is 4.39 Å². The molecule has 0 unspecified atom stereocenters. The molecule has 0 atom stereocenters. The summed E-state index contributed by atoms with van der Waals surface area (Å²) < 4.78 is 15.4. The van der Waals surface area contributed by atoms with E-state index in [1.165, 1.54) is 23.0 Å². The third-order valence-electron chi connectivity index (χ3n) is 4.90. The van der Waals surface area contributed by atoms with Crippen LogP contribution in [0.25, 0.3) is 11.2 Å². The van der Waals surface area contributed by atoms with Crippen molar-refractivity contribution in [2.45, 2.75) is 25.8 Å². The zero-order valence-electron chi connectivity index (χ0n) is 14.3. The number of anilines is 1. The molecule has 0 aliphatic carbocycles. The van der Waals surface area contributed by atoms with E-state index in [1.807, 2.05) is 17.9 Å². The monoisotopic (exact) mass is 355 g/mol. The summed E-state index contributed by atoms with van der Waals surface area (Å²) in [6.45, 7) is 3.01. The van der Waals surface area contributed by atoms with Crippen LogP contribution in [0.2, 0.25) is 0 Å². The van der Waals surface area contributed by atoms with Gasteiger partial charge in [0, 0.05) is 31.5 Å². The van der Waals surface area contributed by atoms with Crippen LogP contribution < -0.4 is 16.1 Å². The van der Waals surface area contributed by atoms with Crippen LogP contribution in [0.15, 0.2) is 40.2 Å². The fourth-order valence-corrected chi connectivity index (χ4v) is 3.66. The summed E-state index contributed by atoms with van der Waals surface area (Å²) in [7, 11) is 0. The molecule has 1 saturated heterocycles. The molecule has 0 bridgehead atoms. The number of H-pyrrole nitrogens is 1. The van der Waals surface area contributed by atoms with Crippen molar-refractivity contribution in [2.75, 3.05) is 18.0 Å². The summed E-state index contributed by atoms with van der Waals surface area (Å²) in [5.74, 6) is -0.251. The van der Waals surface area contributed by atoms with Crippen LogP contribution in [0.1, 0.15) is 24.4 Å². The van der Waals surface area contributed by atoms with Gasteiger partial charge in [0.25, 0.3) is 5.56 Å². The molecule has 7 nitrogen and oxygen atoms in total. The predicted octanol–water partition coefficient (Wildman–Crippen LogP) is 1.77. The second-order valence-electron chi connectivity index (χ2n) is 6.48. The molecule has 0 amide bonds. The molecule has 1 fully saturated rings. The van der Waals surface area contributed by atoms with E-state index in [0.717, 1.165) is 5.56 Å². The van der Waals surface area contributed by atoms with Gasteiger partial charge in [0.15, 0.2) is 11.2 Å². The first-order valence-electron chi connectivity index (χ1n) is 8.52. The maximum Gasteiger partial charge on any atom is 0.330 e. The van der Waals surface area contributed by atoms with Gasteiger partial charge in [-0.2, -0.15) is 0 Å². The van der Waals surface area contributed by atoms with E-state index in [-0.39, 0.29) is 23.0 Å². The maximum absolute atomic E-state index is 14.2. The van der Waals surface area contributed by atoms with Crippen molar-refractivity contribution in [2.24, 2.45) is 0 Å². The summed E-state index contributed by atoms with van der Waals surface area (Å²) in [6, 6.07) is 4.77. The lowest BCUT2D eigenvalue weighted by molar-refractivity contribution is 0.375. The summed E-state index contributed by atoms with van der Waals surface area (Å²) in [6.07, 6.45) is 4.00. The van der Waals surface area contributed by atoms with Crippen molar-refractivity contribution in [1.82, 2.24) is 19.5 Å². The Balaban J connectivity index is 1.64. The van der Waals surface area contributed by atoms with E-state index in [9.17, 15) is 14.0 Å². The van der Waals surface area contributed by atoms with Crippen molar-refractivity contribution in [3.63, 3.8) is 0 Å². The second kappa shape index (κ2) is 6.36. The Morgan fingerprint density at radius 2 is 1.88 bits per heavy atom. The Labute approximate surface area is 148 Å². The molecule has 1 aliphatic rings. The molecule has 0 radical (unpaired) electrons. The molecule has 1 aromatic carbocycles. The van der Waals surface area contributed by atoms with Gasteiger partial charge in [-0.05, 0) is 31.4 Å². The van der Waals surface area contributed by atoms with Crippen molar-refractivity contribution >= 4 is 16.9 Å². The van der Waals surface area contributed by atoms with Crippen LogP contribution in [-0.2, 0) is 0 Å². The van der Waals surface area contributed by atoms with Gasteiger partial charge < -0.3 is 4.90 Å². The van der Waals surface area contributed by atoms with E-state index in [0.29, 0.717) is 31.6 Å². The number of aryl methyl sites for hydroxylation is 1. The summed E-state index contributed by atoms with van der Waals surface area (Å²) in [4.78, 5) is 37.7. The Kier molecular flexibility index (Phi) is 4.02. The fourth-order valence-electron chi connectivity index (χ4n) is 3.66. The molecule has 26 heavy (non-hydrogen) atoms. The molecule has 134 valence electrons. The van der Waals surface area contributed by atoms with Crippen LogP contribution in [0.3, 0.4) is 0 Å². The van der Waals surface area contributed by atoms with Crippen LogP contribution in [0.4, 0.5) is 10.1 Å². The third-order valence-corrected chi connectivity index (χ3v) is 4.90. The number of aromatic amines is 1. The summed E-state index contributed by atoms with van der Waals surface area (Å²) in [5, 5.41) is 0. The molecule has 3 aromatic rings. The number of halogens is 1. The van der Waals surface area contributed by atoms with Crippen LogP contribution in [0, 0.1) is 12.7 Å². The van der Waals surface area contributed by atoms with Gasteiger partial charge in [0.1, 0.15) is 5.82 Å². The fraction of sp³-hybridized carbons (Fsp3) is 0.333. The second-order valence-corrected chi connectivity index (χ2v) is 6.48. The first-order chi connectivity index (χ1) is 12.6. The molecule has 1 N–H and O–H groups in total. The first-order valence-corrected chi connectivity index (χ1v) is 8.52. The van der Waals surface area contributed by atoms with Crippen molar-refractivity contribution in [3.05, 3.63) is 62.8 Å². The number of para-hydroxylation sites is 1. The number of piperidine rings is 1. The summed E-state index contributed by atoms with van der Waals surface area (Å²) in [5.41, 5.74) is 0.898. The highest BCUT2D eigenvalue weighted by Crippen LogP contribution is 2.29. The molecule has 2 aromatic heterocycles. The summed E-state index contributed by atoms with van der Waals surface area (Å²) >= 11 is 0. The lowest BCUT2D eigenvalue weighted by Crippen LogP contribution is -2.44. The van der Waals surface area contributed by atoms with E-state index < -0.39 is 11.2 Å². The molecule has 0 spiro atoms. The van der Waals surface area contributed by atoms with E-state index in [1.54, 1.807) is 6.07 Å². The molecular formula is C18H18FN5O2. The Morgan fingerprint density at radius 1 is 1.15 bits per heavy atom. The average molecular weight is 355 g/mol. The Hall–Kier alpha value is -3.03. The Morgan fingerprint density at radius 3 is 2.62 bits per heavy atom. The lowest BCUT2D eigenvalue weighted by atomic mass is 10.0. The number of benzene rings is 1. The van der Waals surface area contributed by atoms with Crippen LogP contribution >= 0.6 is 0 Å². The van der Waals surface area contributed by atoms with Gasteiger partial charge >= 0.3 is 5.69 Å². The zero-order valence-corrected chi connectivity index (χ0v) is 14.3. The van der Waals surface area contributed by atoms with Crippen molar-refractivity contribution in [3.8, 4) is 0 Å². The van der Waals surface area contributed by atoms with E-state index in [4.69, 9.17) is 0 Å². The van der Waals surface area contributed by atoms with Gasteiger partial charge in [0.05, 0.1) is 5.69 Å². The molecule has 4 rings (SSSR count). The third kappa shape index (κ3) is 2.67. The number of nitrogens with one attached hydrogen (secondary N) is 1.